The zero-order valence-electron chi connectivity index (χ0n) is 13.2. The maximum Gasteiger partial charge on any atom is 0.104 e. The molecule has 1 rings (SSSR count). The number of nitrogens with one attached hydrogen (secondary N) is 1. The fourth-order valence-electron chi connectivity index (χ4n) is 2.27. The molecule has 1 N–H and O–H groups in total. The summed E-state index contributed by atoms with van der Waals surface area (Å²) in [6.45, 7) is 6.30. The van der Waals surface area contributed by atoms with Gasteiger partial charge in [-0.25, -0.2) is 0 Å². The van der Waals surface area contributed by atoms with Crippen LogP contribution in [0.4, 0.5) is 0 Å². The molecule has 116 valence electrons. The van der Waals surface area contributed by atoms with E-state index in [1.165, 1.54) is 12.8 Å². The van der Waals surface area contributed by atoms with Crippen LogP contribution in [0.3, 0.4) is 0 Å². The Kier molecular flexibility index (Phi) is 8.08. The first-order valence-corrected chi connectivity index (χ1v) is 7.52. The van der Waals surface area contributed by atoms with Gasteiger partial charge in [-0.2, -0.15) is 5.26 Å². The van der Waals surface area contributed by atoms with E-state index in [-0.39, 0.29) is 5.54 Å². The molecule has 1 fully saturated rings. The quantitative estimate of drug-likeness (QED) is 0.586. The SMILES string of the molecule is COCCN(CCCC(C)(C#N)NC1CC1)CCOC. The molecular formula is C15H29N3O2. The third-order valence-electron chi connectivity index (χ3n) is 3.72. The molecule has 0 spiro atoms. The number of nitrogens with zero attached hydrogens (tertiary/aromatic N) is 2. The lowest BCUT2D eigenvalue weighted by Crippen LogP contribution is -2.43. The molecule has 1 atom stereocenters. The Labute approximate surface area is 123 Å². The number of ether oxygens (including phenoxy) is 2. The van der Waals surface area contributed by atoms with Gasteiger partial charge in [0.05, 0.1) is 19.3 Å². The molecule has 0 radical (unpaired) electrons. The van der Waals surface area contributed by atoms with Gasteiger partial charge in [-0.15, -0.1) is 0 Å². The first kappa shape index (κ1) is 17.4. The summed E-state index contributed by atoms with van der Waals surface area (Å²) in [5, 5.41) is 12.8. The Morgan fingerprint density at radius 3 is 2.25 bits per heavy atom. The minimum atomic E-state index is -0.380. The van der Waals surface area contributed by atoms with Crippen molar-refractivity contribution in [2.75, 3.05) is 47.1 Å². The Bertz CT molecular complexity index is 294. The Morgan fingerprint density at radius 1 is 1.20 bits per heavy atom. The van der Waals surface area contributed by atoms with Crippen molar-refractivity contribution >= 4 is 0 Å². The van der Waals surface area contributed by atoms with E-state index in [9.17, 15) is 5.26 Å². The van der Waals surface area contributed by atoms with Crippen LogP contribution in [0.1, 0.15) is 32.6 Å². The van der Waals surface area contributed by atoms with Gasteiger partial charge in [0.1, 0.15) is 5.54 Å². The van der Waals surface area contributed by atoms with Crippen LogP contribution in [0.15, 0.2) is 0 Å². The van der Waals surface area contributed by atoms with Crippen molar-refractivity contribution in [2.45, 2.75) is 44.2 Å². The molecule has 0 aromatic rings. The van der Waals surface area contributed by atoms with Crippen molar-refractivity contribution in [3.05, 3.63) is 0 Å². The van der Waals surface area contributed by atoms with E-state index in [0.29, 0.717) is 6.04 Å². The summed E-state index contributed by atoms with van der Waals surface area (Å²) in [5.74, 6) is 0. The lowest BCUT2D eigenvalue weighted by molar-refractivity contribution is 0.112. The van der Waals surface area contributed by atoms with Crippen molar-refractivity contribution in [2.24, 2.45) is 0 Å². The average Bonchev–Trinajstić information content (AvgIpc) is 3.25. The van der Waals surface area contributed by atoms with Gasteiger partial charge in [0.25, 0.3) is 0 Å². The summed E-state index contributed by atoms with van der Waals surface area (Å²) in [7, 11) is 3.45. The Balaban J connectivity index is 2.27. The van der Waals surface area contributed by atoms with Gasteiger partial charge in [-0.05, 0) is 39.2 Å². The van der Waals surface area contributed by atoms with Crippen LogP contribution in [-0.4, -0.2) is 63.5 Å². The monoisotopic (exact) mass is 283 g/mol. The third-order valence-corrected chi connectivity index (χ3v) is 3.72. The van der Waals surface area contributed by atoms with E-state index in [1.54, 1.807) is 14.2 Å². The van der Waals surface area contributed by atoms with Crippen LogP contribution in [0.25, 0.3) is 0 Å². The summed E-state index contributed by atoms with van der Waals surface area (Å²) in [6, 6.07) is 3.00. The topological polar surface area (TPSA) is 57.5 Å². The van der Waals surface area contributed by atoms with E-state index in [0.717, 1.165) is 45.7 Å². The maximum absolute atomic E-state index is 9.34. The number of nitriles is 1. The van der Waals surface area contributed by atoms with E-state index >= 15 is 0 Å². The van der Waals surface area contributed by atoms with Gasteiger partial charge in [-0.3, -0.25) is 10.2 Å². The molecule has 1 aliphatic carbocycles. The minimum Gasteiger partial charge on any atom is -0.383 e. The number of hydrogen-bond donors (Lipinski definition) is 1. The second-order valence-electron chi connectivity index (χ2n) is 5.79. The summed E-state index contributed by atoms with van der Waals surface area (Å²) in [6.07, 6.45) is 4.32. The second kappa shape index (κ2) is 9.30. The standard InChI is InChI=1S/C15H29N3O2/c1-15(13-16,17-14-5-6-14)7-4-8-18(9-11-19-2)10-12-20-3/h14,17H,4-12H2,1-3H3. The van der Waals surface area contributed by atoms with Crippen LogP contribution in [0.2, 0.25) is 0 Å². The largest absolute Gasteiger partial charge is 0.383 e. The normalized spacial score (nSPS) is 17.9. The lowest BCUT2D eigenvalue weighted by Gasteiger charge is -2.26. The molecule has 1 saturated carbocycles. The molecule has 5 nitrogen and oxygen atoms in total. The summed E-state index contributed by atoms with van der Waals surface area (Å²) in [4.78, 5) is 2.34. The molecule has 1 unspecified atom stereocenters. The molecule has 0 aromatic carbocycles. The first-order chi connectivity index (χ1) is 9.63. The molecule has 0 amide bonds. The third kappa shape index (κ3) is 7.20. The van der Waals surface area contributed by atoms with Gasteiger partial charge < -0.3 is 9.47 Å². The highest BCUT2D eigenvalue weighted by atomic mass is 16.5. The second-order valence-corrected chi connectivity index (χ2v) is 5.79. The maximum atomic E-state index is 9.34. The number of methoxy groups -OCH3 is 2. The molecular weight excluding hydrogens is 254 g/mol. The molecule has 1 aliphatic rings. The Morgan fingerprint density at radius 2 is 1.80 bits per heavy atom. The van der Waals surface area contributed by atoms with E-state index in [4.69, 9.17) is 9.47 Å². The van der Waals surface area contributed by atoms with E-state index < -0.39 is 0 Å². The van der Waals surface area contributed by atoms with Gasteiger partial charge in [-0.1, -0.05) is 0 Å². The van der Waals surface area contributed by atoms with Crippen molar-refractivity contribution in [3.63, 3.8) is 0 Å². The highest BCUT2D eigenvalue weighted by molar-refractivity contribution is 5.07. The number of rotatable bonds is 12. The van der Waals surface area contributed by atoms with Gasteiger partial charge >= 0.3 is 0 Å². The lowest BCUT2D eigenvalue weighted by atomic mass is 9.97. The first-order valence-electron chi connectivity index (χ1n) is 7.52. The summed E-state index contributed by atoms with van der Waals surface area (Å²) >= 11 is 0. The molecule has 0 saturated heterocycles. The predicted octanol–water partition coefficient (Wildman–Crippen LogP) is 1.40. The van der Waals surface area contributed by atoms with E-state index in [2.05, 4.69) is 16.3 Å². The van der Waals surface area contributed by atoms with Gasteiger partial charge in [0, 0.05) is 33.4 Å². The minimum absolute atomic E-state index is 0.380. The Hall–Kier alpha value is -0.670. The van der Waals surface area contributed by atoms with Crippen molar-refractivity contribution in [3.8, 4) is 6.07 Å². The molecule has 20 heavy (non-hydrogen) atoms. The van der Waals surface area contributed by atoms with Crippen LogP contribution < -0.4 is 5.32 Å². The van der Waals surface area contributed by atoms with Crippen LogP contribution in [0, 0.1) is 11.3 Å². The van der Waals surface area contributed by atoms with Gasteiger partial charge in [0.2, 0.25) is 0 Å². The molecule has 5 heteroatoms. The highest BCUT2D eigenvalue weighted by Gasteiger charge is 2.32. The number of hydrogen-bond acceptors (Lipinski definition) is 5. The van der Waals surface area contributed by atoms with Crippen molar-refractivity contribution in [1.29, 1.82) is 5.26 Å². The summed E-state index contributed by atoms with van der Waals surface area (Å²) < 4.78 is 10.3. The average molecular weight is 283 g/mol. The van der Waals surface area contributed by atoms with Gasteiger partial charge in [0.15, 0.2) is 0 Å². The molecule has 0 aromatic heterocycles. The fraction of sp³-hybridized carbons (Fsp3) is 0.933. The van der Waals surface area contributed by atoms with Crippen molar-refractivity contribution < 1.29 is 9.47 Å². The summed E-state index contributed by atoms with van der Waals surface area (Å²) in [5.41, 5.74) is -0.380. The molecule has 0 heterocycles. The molecule has 0 aliphatic heterocycles. The fourth-order valence-corrected chi connectivity index (χ4v) is 2.27. The zero-order chi connectivity index (χ0) is 14.8. The smallest absolute Gasteiger partial charge is 0.104 e. The van der Waals surface area contributed by atoms with Crippen LogP contribution in [-0.2, 0) is 9.47 Å². The molecule has 0 bridgehead atoms. The predicted molar refractivity (Wildman–Crippen MR) is 79.6 cm³/mol. The van der Waals surface area contributed by atoms with E-state index in [1.807, 2.05) is 6.92 Å². The van der Waals surface area contributed by atoms with Crippen molar-refractivity contribution in [1.82, 2.24) is 10.2 Å². The zero-order valence-corrected chi connectivity index (χ0v) is 13.2. The van der Waals surface area contributed by atoms with Crippen LogP contribution >= 0.6 is 0 Å². The van der Waals surface area contributed by atoms with Crippen LogP contribution in [0.5, 0.6) is 0 Å². The highest BCUT2D eigenvalue weighted by Crippen LogP contribution is 2.24.